The zero-order valence-corrected chi connectivity index (χ0v) is 15.0. The van der Waals surface area contributed by atoms with Crippen LogP contribution in [-0.2, 0) is 14.2 Å². The molecular weight excluding hydrogens is 384 g/mol. The average molecular weight is 402 g/mol. The van der Waals surface area contributed by atoms with E-state index in [2.05, 4.69) is 9.37 Å². The maximum Gasteiger partial charge on any atom is 0.311 e. The Kier molecular flexibility index (Phi) is 7.91. The minimum absolute atomic E-state index is 0.0909. The number of esters is 1. The van der Waals surface area contributed by atoms with E-state index < -0.39 is 32.1 Å². The Morgan fingerprint density at radius 3 is 2.26 bits per heavy atom. The van der Waals surface area contributed by atoms with Crippen molar-refractivity contribution in [1.29, 1.82) is 0 Å². The van der Waals surface area contributed by atoms with Crippen LogP contribution in [0.25, 0.3) is 0 Å². The van der Waals surface area contributed by atoms with Crippen molar-refractivity contribution in [3.05, 3.63) is 32.4 Å². The summed E-state index contributed by atoms with van der Waals surface area (Å²) < 4.78 is 9.15. The lowest BCUT2D eigenvalue weighted by molar-refractivity contribution is -0.433. The number of carbonyl (C=O) groups is 1. The first-order chi connectivity index (χ1) is 12.9. The highest BCUT2D eigenvalue weighted by Crippen LogP contribution is 2.41. The lowest BCUT2D eigenvalue weighted by Gasteiger charge is -2.20. The molecule has 0 spiro atoms. The van der Waals surface area contributed by atoms with E-state index in [1.54, 1.807) is 0 Å². The number of nitrogens with zero attached hydrogens (tertiary/aromatic N) is 2. The number of benzene rings is 1. The highest BCUT2D eigenvalue weighted by atomic mass is 32.2. The van der Waals surface area contributed by atoms with E-state index in [0.29, 0.717) is 12.3 Å². The molecule has 0 bridgehead atoms. The lowest BCUT2D eigenvalue weighted by atomic mass is 9.86. The highest BCUT2D eigenvalue weighted by molar-refractivity contribution is 7.94. The molecule has 0 heterocycles. The van der Waals surface area contributed by atoms with E-state index in [1.807, 2.05) is 0 Å². The van der Waals surface area contributed by atoms with Crippen LogP contribution in [0.5, 0.6) is 5.75 Å². The third-order valence-corrected chi connectivity index (χ3v) is 4.99. The summed E-state index contributed by atoms with van der Waals surface area (Å²) in [6, 6.07) is 1.77. The molecule has 1 aliphatic carbocycles. The quantitative estimate of drug-likeness (QED) is 0.159. The van der Waals surface area contributed by atoms with Crippen molar-refractivity contribution in [2.45, 2.75) is 49.8 Å². The van der Waals surface area contributed by atoms with Gasteiger partial charge in [0.15, 0.2) is 4.90 Å². The molecule has 0 amide bonds. The second-order valence-electron chi connectivity index (χ2n) is 6.05. The van der Waals surface area contributed by atoms with Crippen LogP contribution in [0.1, 0.15) is 44.9 Å². The van der Waals surface area contributed by atoms with Gasteiger partial charge in [-0.05, 0) is 12.3 Å². The molecule has 12 heteroatoms. The van der Waals surface area contributed by atoms with Gasteiger partial charge in [-0.15, -0.1) is 4.33 Å². The Balaban J connectivity index is 2.14. The molecule has 0 aromatic heterocycles. The van der Waals surface area contributed by atoms with Crippen molar-refractivity contribution in [2.75, 3.05) is 0 Å². The van der Waals surface area contributed by atoms with E-state index >= 15 is 0 Å². The van der Waals surface area contributed by atoms with Crippen LogP contribution < -0.4 is 4.74 Å². The smallest absolute Gasteiger partial charge is 0.311 e. The standard InChI is InChI=1S/C15H18N2O9S/c18-14(7-6-10-4-2-1-3-5-10)24-11-8-12(16(19)20)15(27-26-25-23)13(9-11)17(21)22/h8-10,23H,1-7H2. The van der Waals surface area contributed by atoms with Crippen molar-refractivity contribution < 1.29 is 34.0 Å². The van der Waals surface area contributed by atoms with Gasteiger partial charge in [-0.1, -0.05) is 37.1 Å². The summed E-state index contributed by atoms with van der Waals surface area (Å²) in [4.78, 5) is 32.1. The number of rotatable bonds is 9. The molecule has 2 rings (SSSR count). The zero-order valence-electron chi connectivity index (χ0n) is 14.2. The molecule has 0 radical (unpaired) electrons. The molecule has 0 unspecified atom stereocenters. The summed E-state index contributed by atoms with van der Waals surface area (Å²) >= 11 is 0.0909. The second-order valence-corrected chi connectivity index (χ2v) is 6.76. The number of carbonyl (C=O) groups excluding carboxylic acids is 1. The van der Waals surface area contributed by atoms with Gasteiger partial charge in [-0.25, -0.2) is 5.26 Å². The molecule has 11 nitrogen and oxygen atoms in total. The van der Waals surface area contributed by atoms with Crippen molar-refractivity contribution in [1.82, 2.24) is 0 Å². The van der Waals surface area contributed by atoms with Gasteiger partial charge in [-0.3, -0.25) is 25.0 Å². The molecule has 148 valence electrons. The molecule has 27 heavy (non-hydrogen) atoms. The Labute approximate surface area is 158 Å². The monoisotopic (exact) mass is 402 g/mol. The first-order valence-corrected chi connectivity index (χ1v) is 8.98. The number of nitro benzene ring substituents is 2. The van der Waals surface area contributed by atoms with Crippen LogP contribution in [0.4, 0.5) is 11.4 Å². The molecule has 0 atom stereocenters. The van der Waals surface area contributed by atoms with Crippen molar-refractivity contribution in [3.8, 4) is 5.75 Å². The van der Waals surface area contributed by atoms with Crippen molar-refractivity contribution in [3.63, 3.8) is 0 Å². The van der Waals surface area contributed by atoms with Crippen LogP contribution in [0, 0.1) is 26.1 Å². The fourth-order valence-electron chi connectivity index (χ4n) is 3.02. The third kappa shape index (κ3) is 6.13. The maximum atomic E-state index is 12.0. The first-order valence-electron chi connectivity index (χ1n) is 8.24. The fourth-order valence-corrected chi connectivity index (χ4v) is 3.55. The number of hydrogen-bond donors (Lipinski definition) is 1. The van der Waals surface area contributed by atoms with Gasteiger partial charge in [0.05, 0.1) is 34.0 Å². The molecule has 0 saturated heterocycles. The van der Waals surface area contributed by atoms with E-state index in [0.717, 1.165) is 37.8 Å². The van der Waals surface area contributed by atoms with Crippen LogP contribution >= 0.6 is 12.0 Å². The maximum absolute atomic E-state index is 12.0. The predicted molar refractivity (Wildman–Crippen MR) is 91.9 cm³/mol. The summed E-state index contributed by atoms with van der Waals surface area (Å²) in [6.07, 6.45) is 6.37. The first kappa shape index (κ1) is 21.0. The molecule has 1 fully saturated rings. The largest absolute Gasteiger partial charge is 0.426 e. The van der Waals surface area contributed by atoms with Crippen LogP contribution in [0.2, 0.25) is 0 Å². The van der Waals surface area contributed by atoms with Crippen LogP contribution in [-0.4, -0.2) is 21.1 Å². The summed E-state index contributed by atoms with van der Waals surface area (Å²) in [5.74, 6) is -0.472. The van der Waals surface area contributed by atoms with Gasteiger partial charge in [0.2, 0.25) is 0 Å². The SMILES string of the molecule is O=C(CCC1CCCCC1)Oc1cc([N+](=O)[O-])c(SOOO)c([N+](=O)[O-])c1. The van der Waals surface area contributed by atoms with Crippen LogP contribution in [0.3, 0.4) is 0 Å². The molecule has 1 aromatic carbocycles. The Morgan fingerprint density at radius 1 is 1.15 bits per heavy atom. The number of nitro groups is 2. The second kappa shape index (κ2) is 10.2. The average Bonchev–Trinajstić information content (AvgIpc) is 2.65. The summed E-state index contributed by atoms with van der Waals surface area (Å²) in [6.45, 7) is 0. The summed E-state index contributed by atoms with van der Waals surface area (Å²) in [5, 5.41) is 33.9. The molecule has 0 aliphatic heterocycles. The summed E-state index contributed by atoms with van der Waals surface area (Å²) in [7, 11) is 0. The topological polar surface area (TPSA) is 151 Å². The normalized spacial score (nSPS) is 14.7. The Morgan fingerprint density at radius 2 is 1.74 bits per heavy atom. The minimum atomic E-state index is -0.893. The van der Waals surface area contributed by atoms with Crippen molar-refractivity contribution >= 4 is 29.4 Å². The number of ether oxygens (including phenoxy) is 1. The summed E-state index contributed by atoms with van der Waals surface area (Å²) in [5.41, 5.74) is -1.44. The molecule has 1 aliphatic rings. The van der Waals surface area contributed by atoms with Gasteiger partial charge in [0, 0.05) is 6.42 Å². The van der Waals surface area contributed by atoms with Gasteiger partial charge in [-0.2, -0.15) is 0 Å². The molecular formula is C15H18N2O9S. The Bertz CT molecular complexity index is 672. The highest BCUT2D eigenvalue weighted by Gasteiger charge is 2.30. The fraction of sp³-hybridized carbons (Fsp3) is 0.533. The van der Waals surface area contributed by atoms with E-state index in [-0.39, 0.29) is 24.2 Å². The Hall–Kier alpha value is -2.28. The van der Waals surface area contributed by atoms with Crippen LogP contribution in [0.15, 0.2) is 17.0 Å². The van der Waals surface area contributed by atoms with Gasteiger partial charge in [0.1, 0.15) is 5.75 Å². The minimum Gasteiger partial charge on any atom is -0.426 e. The third-order valence-electron chi connectivity index (χ3n) is 4.28. The molecule has 1 aromatic rings. The van der Waals surface area contributed by atoms with E-state index in [9.17, 15) is 25.0 Å². The van der Waals surface area contributed by atoms with Gasteiger partial charge in [0.25, 0.3) is 11.4 Å². The van der Waals surface area contributed by atoms with Gasteiger partial charge < -0.3 is 4.74 Å². The zero-order chi connectivity index (χ0) is 19.8. The molecule has 1 N–H and O–H groups in total. The van der Waals surface area contributed by atoms with Crippen molar-refractivity contribution in [2.24, 2.45) is 5.92 Å². The van der Waals surface area contributed by atoms with Gasteiger partial charge >= 0.3 is 5.97 Å². The lowest BCUT2D eigenvalue weighted by Crippen LogP contribution is -2.13. The van der Waals surface area contributed by atoms with E-state index in [1.165, 1.54) is 6.42 Å². The number of hydrogen-bond acceptors (Lipinski definition) is 10. The predicted octanol–water partition coefficient (Wildman–Crippen LogP) is 4.20. The molecule has 1 saturated carbocycles. The van der Waals surface area contributed by atoms with E-state index in [4.69, 9.17) is 9.99 Å².